The Hall–Kier alpha value is -3.01. The molecule has 0 bridgehead atoms. The molecule has 31 heavy (non-hydrogen) atoms. The van der Waals surface area contributed by atoms with Gasteiger partial charge in [0.05, 0.1) is 12.9 Å². The van der Waals surface area contributed by atoms with Crippen molar-refractivity contribution in [2.45, 2.75) is 47.5 Å². The van der Waals surface area contributed by atoms with Gasteiger partial charge in [0.15, 0.2) is 0 Å². The Morgan fingerprint density at radius 1 is 1.10 bits per heavy atom. The van der Waals surface area contributed by atoms with Crippen molar-refractivity contribution < 1.29 is 13.9 Å². The number of hydrogen-bond donors (Lipinski definition) is 0. The third-order valence-corrected chi connectivity index (χ3v) is 5.48. The van der Waals surface area contributed by atoms with Crippen molar-refractivity contribution in [1.29, 1.82) is 0 Å². The van der Waals surface area contributed by atoms with E-state index < -0.39 is 0 Å². The van der Waals surface area contributed by atoms with Gasteiger partial charge < -0.3 is 14.1 Å². The minimum Gasteiger partial charge on any atom is -0.493 e. The Kier molecular flexibility index (Phi) is 7.56. The first-order valence-corrected chi connectivity index (χ1v) is 11.2. The SMILES string of the molecule is CCCN(CCC)C(=O)/C=C(\C)c1cc2c(-c3ccccc3)coc2c(C)c1OCC. The van der Waals surface area contributed by atoms with Gasteiger partial charge in [-0.1, -0.05) is 44.2 Å². The van der Waals surface area contributed by atoms with Gasteiger partial charge in [0.2, 0.25) is 5.91 Å². The third-order valence-electron chi connectivity index (χ3n) is 5.48. The van der Waals surface area contributed by atoms with Crippen LogP contribution in [-0.4, -0.2) is 30.5 Å². The highest BCUT2D eigenvalue weighted by molar-refractivity contribution is 6.01. The molecular weight excluding hydrogens is 386 g/mol. The minimum absolute atomic E-state index is 0.0527. The van der Waals surface area contributed by atoms with Crippen LogP contribution >= 0.6 is 0 Å². The first-order valence-electron chi connectivity index (χ1n) is 11.2. The van der Waals surface area contributed by atoms with Crippen molar-refractivity contribution in [3.05, 3.63) is 59.9 Å². The van der Waals surface area contributed by atoms with E-state index in [4.69, 9.17) is 9.15 Å². The summed E-state index contributed by atoms with van der Waals surface area (Å²) in [6.45, 7) is 12.3. The summed E-state index contributed by atoms with van der Waals surface area (Å²) in [6, 6.07) is 12.3. The first kappa shape index (κ1) is 22.7. The molecule has 4 heteroatoms. The maximum absolute atomic E-state index is 13.0. The third kappa shape index (κ3) is 4.84. The van der Waals surface area contributed by atoms with E-state index in [0.717, 1.165) is 70.5 Å². The molecular formula is C27H33NO3. The number of hydrogen-bond acceptors (Lipinski definition) is 3. The van der Waals surface area contributed by atoms with Gasteiger partial charge in [-0.05, 0) is 50.8 Å². The van der Waals surface area contributed by atoms with Crippen molar-refractivity contribution in [2.24, 2.45) is 0 Å². The van der Waals surface area contributed by atoms with Crippen molar-refractivity contribution in [3.63, 3.8) is 0 Å². The van der Waals surface area contributed by atoms with Gasteiger partial charge >= 0.3 is 0 Å². The number of allylic oxidation sites excluding steroid dienone is 1. The number of nitrogens with zero attached hydrogens (tertiary/aromatic N) is 1. The highest BCUT2D eigenvalue weighted by atomic mass is 16.5. The van der Waals surface area contributed by atoms with Gasteiger partial charge in [0.1, 0.15) is 11.3 Å². The lowest BCUT2D eigenvalue weighted by Gasteiger charge is -2.20. The average molecular weight is 420 g/mol. The van der Waals surface area contributed by atoms with Gasteiger partial charge in [0.25, 0.3) is 0 Å². The minimum atomic E-state index is 0.0527. The summed E-state index contributed by atoms with van der Waals surface area (Å²) < 4.78 is 12.0. The van der Waals surface area contributed by atoms with Crippen LogP contribution in [0.2, 0.25) is 0 Å². The van der Waals surface area contributed by atoms with Gasteiger partial charge in [-0.2, -0.15) is 0 Å². The number of fused-ring (bicyclic) bond motifs is 1. The predicted octanol–water partition coefficient (Wildman–Crippen LogP) is 6.86. The predicted molar refractivity (Wildman–Crippen MR) is 128 cm³/mol. The number of amides is 1. The zero-order valence-corrected chi connectivity index (χ0v) is 19.3. The van der Waals surface area contributed by atoms with E-state index in [1.165, 1.54) is 0 Å². The maximum atomic E-state index is 13.0. The number of carbonyl (C=O) groups excluding carboxylic acids is 1. The smallest absolute Gasteiger partial charge is 0.246 e. The molecule has 0 fully saturated rings. The second-order valence-corrected chi connectivity index (χ2v) is 7.86. The Morgan fingerprint density at radius 2 is 1.77 bits per heavy atom. The molecule has 0 radical (unpaired) electrons. The van der Waals surface area contributed by atoms with Gasteiger partial charge in [-0.25, -0.2) is 0 Å². The van der Waals surface area contributed by atoms with Gasteiger partial charge in [-0.3, -0.25) is 4.79 Å². The van der Waals surface area contributed by atoms with Crippen molar-refractivity contribution in [3.8, 4) is 16.9 Å². The fourth-order valence-corrected chi connectivity index (χ4v) is 4.01. The standard InChI is InChI=1S/C27H33NO3/c1-6-14-28(15-7-2)25(29)16-19(4)22-17-23-24(21-12-10-9-11-13-21)18-31-27(23)20(5)26(22)30-8-3/h9-13,16-18H,6-8,14-15H2,1-5H3/b19-16+. The first-order chi connectivity index (χ1) is 15.0. The molecule has 164 valence electrons. The van der Waals surface area contributed by atoms with Crippen LogP contribution in [0.5, 0.6) is 5.75 Å². The lowest BCUT2D eigenvalue weighted by Crippen LogP contribution is -2.31. The Balaban J connectivity index is 2.13. The van der Waals surface area contributed by atoms with Crippen molar-refractivity contribution >= 4 is 22.4 Å². The van der Waals surface area contributed by atoms with Crippen molar-refractivity contribution in [1.82, 2.24) is 4.90 Å². The van der Waals surface area contributed by atoms with E-state index in [2.05, 4.69) is 32.0 Å². The lowest BCUT2D eigenvalue weighted by atomic mass is 9.96. The van der Waals surface area contributed by atoms with E-state index in [-0.39, 0.29) is 5.91 Å². The molecule has 0 aliphatic heterocycles. The average Bonchev–Trinajstić information content (AvgIpc) is 3.20. The molecule has 0 aliphatic carbocycles. The Labute approximate surface area is 185 Å². The zero-order valence-electron chi connectivity index (χ0n) is 19.3. The summed E-state index contributed by atoms with van der Waals surface area (Å²) in [5, 5.41) is 1.03. The number of aryl methyl sites for hydroxylation is 1. The fraction of sp³-hybridized carbons (Fsp3) is 0.370. The van der Waals surface area contributed by atoms with Crippen LogP contribution in [0.4, 0.5) is 0 Å². The van der Waals surface area contributed by atoms with Crippen LogP contribution < -0.4 is 4.74 Å². The molecule has 0 spiro atoms. The van der Waals surface area contributed by atoms with E-state index >= 15 is 0 Å². The summed E-state index contributed by atoms with van der Waals surface area (Å²) in [7, 11) is 0. The monoisotopic (exact) mass is 419 g/mol. The molecule has 2 aromatic carbocycles. The summed E-state index contributed by atoms with van der Waals surface area (Å²) >= 11 is 0. The van der Waals surface area contributed by atoms with E-state index in [0.29, 0.717) is 6.61 Å². The maximum Gasteiger partial charge on any atom is 0.246 e. The quantitative estimate of drug-likeness (QED) is 0.356. The molecule has 1 aromatic heterocycles. The van der Waals surface area contributed by atoms with Crippen LogP contribution in [0, 0.1) is 6.92 Å². The zero-order chi connectivity index (χ0) is 22.4. The number of benzene rings is 2. The number of ether oxygens (including phenoxy) is 1. The fourth-order valence-electron chi connectivity index (χ4n) is 4.01. The van der Waals surface area contributed by atoms with Crippen LogP contribution in [0.3, 0.4) is 0 Å². The highest BCUT2D eigenvalue weighted by Crippen LogP contribution is 2.40. The van der Waals surface area contributed by atoms with Gasteiger partial charge in [0, 0.05) is 41.2 Å². The molecule has 4 nitrogen and oxygen atoms in total. The topological polar surface area (TPSA) is 42.7 Å². The summed E-state index contributed by atoms with van der Waals surface area (Å²) in [6.07, 6.45) is 5.45. The van der Waals surface area contributed by atoms with Crippen LogP contribution in [0.1, 0.15) is 51.7 Å². The molecule has 3 aromatic rings. The van der Waals surface area contributed by atoms with Crippen LogP contribution in [-0.2, 0) is 4.79 Å². The van der Waals surface area contributed by atoms with Crippen molar-refractivity contribution in [2.75, 3.05) is 19.7 Å². The summed E-state index contributed by atoms with van der Waals surface area (Å²) in [4.78, 5) is 14.9. The molecule has 0 saturated heterocycles. The Morgan fingerprint density at radius 3 is 2.39 bits per heavy atom. The van der Waals surface area contributed by atoms with Crippen LogP contribution in [0.15, 0.2) is 53.2 Å². The largest absolute Gasteiger partial charge is 0.493 e. The van der Waals surface area contributed by atoms with Gasteiger partial charge in [-0.15, -0.1) is 0 Å². The van der Waals surface area contributed by atoms with E-state index in [1.54, 1.807) is 12.3 Å². The molecule has 1 amide bonds. The van der Waals surface area contributed by atoms with E-state index in [9.17, 15) is 4.79 Å². The highest BCUT2D eigenvalue weighted by Gasteiger charge is 2.19. The summed E-state index contributed by atoms with van der Waals surface area (Å²) in [5.41, 5.74) is 5.76. The molecule has 0 saturated carbocycles. The molecule has 1 heterocycles. The van der Waals surface area contributed by atoms with E-state index in [1.807, 2.05) is 43.9 Å². The molecule has 0 unspecified atom stereocenters. The lowest BCUT2D eigenvalue weighted by molar-refractivity contribution is -0.126. The number of rotatable bonds is 9. The molecule has 3 rings (SSSR count). The normalized spacial score (nSPS) is 11.7. The number of carbonyl (C=O) groups is 1. The Bertz CT molecular complexity index is 1060. The second kappa shape index (κ2) is 10.3. The molecule has 0 aliphatic rings. The summed E-state index contributed by atoms with van der Waals surface area (Å²) in [5.74, 6) is 0.833. The molecule has 0 N–H and O–H groups in total. The second-order valence-electron chi connectivity index (χ2n) is 7.86. The number of furan rings is 1. The molecule has 0 atom stereocenters. The van der Waals surface area contributed by atoms with Crippen LogP contribution in [0.25, 0.3) is 27.7 Å².